The highest BCUT2D eigenvalue weighted by molar-refractivity contribution is 5.26. The van der Waals surface area contributed by atoms with E-state index in [1.165, 1.54) is 11.1 Å². The highest BCUT2D eigenvalue weighted by Gasteiger charge is 2.07. The topological polar surface area (TPSA) is 13.1 Å². The van der Waals surface area contributed by atoms with E-state index in [1.54, 1.807) is 0 Å². The van der Waals surface area contributed by atoms with Crippen LogP contribution in [0.25, 0.3) is 0 Å². The van der Waals surface area contributed by atoms with Crippen molar-refractivity contribution in [2.24, 2.45) is 5.92 Å². The highest BCUT2D eigenvalue weighted by atomic mass is 16.3. The smallest absolute Gasteiger partial charge is 0.104 e. The molecule has 0 N–H and O–H groups in total. The quantitative estimate of drug-likeness (QED) is 0.634. The lowest BCUT2D eigenvalue weighted by Crippen LogP contribution is -1.95. The molecule has 1 nitrogen and oxygen atoms in total. The molecule has 0 spiro atoms. The minimum Gasteiger partial charge on any atom is -0.469 e. The van der Waals surface area contributed by atoms with Crippen LogP contribution in [0.2, 0.25) is 0 Å². The molecule has 0 saturated heterocycles. The molecule has 0 unspecified atom stereocenters. The second-order valence-corrected chi connectivity index (χ2v) is 3.55. The summed E-state index contributed by atoms with van der Waals surface area (Å²) in [6.45, 7) is 8.59. The monoisotopic (exact) mass is 152 g/mol. The molecule has 0 fully saturated rings. The molecular weight excluding hydrogens is 136 g/mol. The van der Waals surface area contributed by atoms with Crippen LogP contribution in [0.1, 0.15) is 30.7 Å². The van der Waals surface area contributed by atoms with Gasteiger partial charge in [-0.2, -0.15) is 0 Å². The first kappa shape index (κ1) is 8.38. The molecule has 0 aromatic carbocycles. The summed E-state index contributed by atoms with van der Waals surface area (Å²) in [6.07, 6.45) is 2.97. The number of rotatable bonds is 2. The molecule has 1 aromatic rings. The standard InChI is InChI=1S/C10H16O/c1-7(2)5-10-8(3)6-11-9(10)4/h6-7H,5H2,1-4H3. The fraction of sp³-hybridized carbons (Fsp3) is 0.600. The lowest BCUT2D eigenvalue weighted by molar-refractivity contribution is 0.523. The molecule has 0 atom stereocenters. The van der Waals surface area contributed by atoms with E-state index in [4.69, 9.17) is 4.42 Å². The van der Waals surface area contributed by atoms with E-state index in [1.807, 2.05) is 13.2 Å². The van der Waals surface area contributed by atoms with Crippen molar-refractivity contribution in [1.82, 2.24) is 0 Å². The predicted octanol–water partition coefficient (Wildman–Crippen LogP) is 3.09. The molecule has 1 heterocycles. The summed E-state index contributed by atoms with van der Waals surface area (Å²) < 4.78 is 5.30. The van der Waals surface area contributed by atoms with Crippen LogP contribution in [0.5, 0.6) is 0 Å². The van der Waals surface area contributed by atoms with Gasteiger partial charge in [0.25, 0.3) is 0 Å². The maximum absolute atomic E-state index is 5.30. The van der Waals surface area contributed by atoms with Crippen molar-refractivity contribution in [3.8, 4) is 0 Å². The Balaban J connectivity index is 2.83. The van der Waals surface area contributed by atoms with Crippen LogP contribution in [0, 0.1) is 19.8 Å². The van der Waals surface area contributed by atoms with Gasteiger partial charge in [0, 0.05) is 0 Å². The summed E-state index contributed by atoms with van der Waals surface area (Å²) >= 11 is 0. The lowest BCUT2D eigenvalue weighted by atomic mass is 10.0. The van der Waals surface area contributed by atoms with Crippen molar-refractivity contribution in [1.29, 1.82) is 0 Å². The van der Waals surface area contributed by atoms with Crippen molar-refractivity contribution in [2.75, 3.05) is 0 Å². The zero-order chi connectivity index (χ0) is 8.43. The normalized spacial score (nSPS) is 11.0. The van der Waals surface area contributed by atoms with Crippen molar-refractivity contribution >= 4 is 0 Å². The Morgan fingerprint density at radius 1 is 1.36 bits per heavy atom. The first-order valence-corrected chi connectivity index (χ1v) is 4.15. The molecule has 11 heavy (non-hydrogen) atoms. The minimum absolute atomic E-state index is 0.713. The van der Waals surface area contributed by atoms with Gasteiger partial charge >= 0.3 is 0 Å². The Morgan fingerprint density at radius 2 is 2.00 bits per heavy atom. The minimum atomic E-state index is 0.713. The van der Waals surface area contributed by atoms with E-state index < -0.39 is 0 Å². The van der Waals surface area contributed by atoms with E-state index >= 15 is 0 Å². The van der Waals surface area contributed by atoms with Gasteiger partial charge in [0.05, 0.1) is 6.26 Å². The van der Waals surface area contributed by atoms with Crippen LogP contribution in [-0.2, 0) is 6.42 Å². The van der Waals surface area contributed by atoms with Crippen LogP contribution in [-0.4, -0.2) is 0 Å². The molecule has 0 aliphatic carbocycles. The fourth-order valence-electron chi connectivity index (χ4n) is 1.31. The van der Waals surface area contributed by atoms with E-state index in [0.717, 1.165) is 12.2 Å². The van der Waals surface area contributed by atoms with Gasteiger partial charge in [-0.25, -0.2) is 0 Å². The molecule has 1 aromatic heterocycles. The summed E-state index contributed by atoms with van der Waals surface area (Å²) in [7, 11) is 0. The molecule has 0 aliphatic rings. The van der Waals surface area contributed by atoms with Gasteiger partial charge < -0.3 is 4.42 Å². The third-order valence-corrected chi connectivity index (χ3v) is 1.93. The SMILES string of the molecule is Cc1coc(C)c1CC(C)C. The van der Waals surface area contributed by atoms with Gasteiger partial charge in [-0.05, 0) is 37.3 Å². The van der Waals surface area contributed by atoms with Crippen LogP contribution >= 0.6 is 0 Å². The zero-order valence-electron chi connectivity index (χ0n) is 7.77. The van der Waals surface area contributed by atoms with Gasteiger partial charge in [0.1, 0.15) is 5.76 Å². The molecule has 0 amide bonds. The summed E-state index contributed by atoms with van der Waals surface area (Å²) in [5.74, 6) is 1.79. The fourth-order valence-corrected chi connectivity index (χ4v) is 1.31. The van der Waals surface area contributed by atoms with Gasteiger partial charge in [-0.15, -0.1) is 0 Å². The number of aryl methyl sites for hydroxylation is 2. The first-order valence-electron chi connectivity index (χ1n) is 4.15. The summed E-state index contributed by atoms with van der Waals surface area (Å²) in [6, 6.07) is 0. The predicted molar refractivity (Wildman–Crippen MR) is 46.7 cm³/mol. The maximum atomic E-state index is 5.30. The lowest BCUT2D eigenvalue weighted by Gasteiger charge is -2.03. The Hall–Kier alpha value is -0.720. The van der Waals surface area contributed by atoms with Crippen LogP contribution in [0.4, 0.5) is 0 Å². The van der Waals surface area contributed by atoms with E-state index in [9.17, 15) is 0 Å². The Kier molecular flexibility index (Phi) is 2.38. The van der Waals surface area contributed by atoms with Gasteiger partial charge in [-0.1, -0.05) is 13.8 Å². The van der Waals surface area contributed by atoms with Crippen molar-refractivity contribution in [3.05, 3.63) is 23.2 Å². The number of hydrogen-bond acceptors (Lipinski definition) is 1. The molecule has 1 rings (SSSR count). The number of furan rings is 1. The van der Waals surface area contributed by atoms with Crippen molar-refractivity contribution in [2.45, 2.75) is 34.1 Å². The highest BCUT2D eigenvalue weighted by Crippen LogP contribution is 2.18. The third-order valence-electron chi connectivity index (χ3n) is 1.93. The molecule has 1 heteroatoms. The molecule has 0 aliphatic heterocycles. The summed E-state index contributed by atoms with van der Waals surface area (Å²) in [4.78, 5) is 0. The average Bonchev–Trinajstić information content (AvgIpc) is 2.18. The van der Waals surface area contributed by atoms with Gasteiger partial charge in [0.15, 0.2) is 0 Å². The molecule has 0 bridgehead atoms. The second kappa shape index (κ2) is 3.12. The van der Waals surface area contributed by atoms with E-state index in [2.05, 4.69) is 20.8 Å². The maximum Gasteiger partial charge on any atom is 0.104 e. The Bertz CT molecular complexity index is 214. The van der Waals surface area contributed by atoms with E-state index in [-0.39, 0.29) is 0 Å². The van der Waals surface area contributed by atoms with Gasteiger partial charge in [-0.3, -0.25) is 0 Å². The molecular formula is C10H16O. The molecule has 0 saturated carbocycles. The summed E-state index contributed by atoms with van der Waals surface area (Å²) in [5, 5.41) is 0. The summed E-state index contributed by atoms with van der Waals surface area (Å²) in [5.41, 5.74) is 2.68. The second-order valence-electron chi connectivity index (χ2n) is 3.55. The van der Waals surface area contributed by atoms with Crippen molar-refractivity contribution in [3.63, 3.8) is 0 Å². The zero-order valence-corrected chi connectivity index (χ0v) is 7.77. The first-order chi connectivity index (χ1) is 5.11. The third kappa shape index (κ3) is 1.86. The average molecular weight is 152 g/mol. The molecule has 0 radical (unpaired) electrons. The van der Waals surface area contributed by atoms with Gasteiger partial charge in [0.2, 0.25) is 0 Å². The molecule has 62 valence electrons. The Morgan fingerprint density at radius 3 is 2.36 bits per heavy atom. The number of hydrogen-bond donors (Lipinski definition) is 0. The Labute approximate surface area is 68.4 Å². The van der Waals surface area contributed by atoms with Crippen LogP contribution < -0.4 is 0 Å². The van der Waals surface area contributed by atoms with E-state index in [0.29, 0.717) is 5.92 Å². The largest absolute Gasteiger partial charge is 0.469 e. The van der Waals surface area contributed by atoms with Crippen LogP contribution in [0.15, 0.2) is 10.7 Å². The van der Waals surface area contributed by atoms with Crippen LogP contribution in [0.3, 0.4) is 0 Å². The van der Waals surface area contributed by atoms with Crippen molar-refractivity contribution < 1.29 is 4.42 Å².